The van der Waals surface area contributed by atoms with E-state index in [0.717, 1.165) is 11.7 Å². The van der Waals surface area contributed by atoms with Gasteiger partial charge in [-0.3, -0.25) is 4.57 Å². The number of ether oxygens (including phenoxy) is 2. The molecule has 0 aromatic carbocycles. The third-order valence-corrected chi connectivity index (χ3v) is 5.29. The lowest BCUT2D eigenvalue weighted by molar-refractivity contribution is 0.0461. The number of esters is 1. The Morgan fingerprint density at radius 3 is 2.60 bits per heavy atom. The van der Waals surface area contributed by atoms with Gasteiger partial charge in [-0.05, 0) is 35.8 Å². The molecule has 0 fully saturated rings. The van der Waals surface area contributed by atoms with Gasteiger partial charge >= 0.3 is 5.97 Å². The minimum Gasteiger partial charge on any atom is -0.460 e. The van der Waals surface area contributed by atoms with Crippen molar-refractivity contribution in [2.24, 2.45) is 0 Å². The van der Waals surface area contributed by atoms with E-state index >= 15 is 0 Å². The van der Waals surface area contributed by atoms with Crippen LogP contribution in [0.4, 0.5) is 0 Å². The molecule has 0 unspecified atom stereocenters. The van der Waals surface area contributed by atoms with Crippen LogP contribution in [0.3, 0.4) is 0 Å². The SMILES string of the molecule is CCOC(=O)c1nc(Br)c(C)n1COCC[Si](C)(C)C. The molecular weight excluding hydrogens is 340 g/mol. The molecule has 0 spiro atoms. The van der Waals surface area contributed by atoms with Gasteiger partial charge in [0, 0.05) is 14.7 Å². The quantitative estimate of drug-likeness (QED) is 0.423. The molecule has 5 nitrogen and oxygen atoms in total. The molecule has 0 radical (unpaired) electrons. The fraction of sp³-hybridized carbons (Fsp3) is 0.692. The summed E-state index contributed by atoms with van der Waals surface area (Å²) in [5.41, 5.74) is 0.862. The third-order valence-electron chi connectivity index (χ3n) is 2.84. The normalized spacial score (nSPS) is 11.7. The first-order valence-electron chi connectivity index (χ1n) is 6.73. The molecule has 1 aromatic rings. The first kappa shape index (κ1) is 17.4. The van der Waals surface area contributed by atoms with Crippen molar-refractivity contribution in [3.8, 4) is 0 Å². The standard InChI is InChI=1S/C13H23BrN2O3Si/c1-6-19-13(17)12-15-11(14)10(2)16(12)9-18-7-8-20(3,4)5/h6-9H2,1-5H3. The predicted octanol–water partition coefficient (Wildman–Crippen LogP) is 3.44. The van der Waals surface area contributed by atoms with Crippen LogP contribution in [0.15, 0.2) is 4.60 Å². The number of carbonyl (C=O) groups excluding carboxylic acids is 1. The second-order valence-corrected chi connectivity index (χ2v) is 12.2. The van der Waals surface area contributed by atoms with Crippen molar-refractivity contribution in [1.29, 1.82) is 0 Å². The summed E-state index contributed by atoms with van der Waals surface area (Å²) in [5, 5.41) is 0. The van der Waals surface area contributed by atoms with E-state index in [1.165, 1.54) is 0 Å². The lowest BCUT2D eigenvalue weighted by Crippen LogP contribution is -2.22. The molecule has 0 aliphatic heterocycles. The number of rotatable bonds is 7. The van der Waals surface area contributed by atoms with Gasteiger partial charge in [-0.1, -0.05) is 19.6 Å². The zero-order valence-electron chi connectivity index (χ0n) is 12.8. The van der Waals surface area contributed by atoms with Crippen molar-refractivity contribution < 1.29 is 14.3 Å². The van der Waals surface area contributed by atoms with Crippen LogP contribution in [-0.4, -0.2) is 36.8 Å². The lowest BCUT2D eigenvalue weighted by atomic mass is 10.5. The second-order valence-electron chi connectivity index (χ2n) is 5.81. The van der Waals surface area contributed by atoms with Crippen molar-refractivity contribution >= 4 is 30.0 Å². The summed E-state index contributed by atoms with van der Waals surface area (Å²) in [6.07, 6.45) is 0. The van der Waals surface area contributed by atoms with E-state index in [4.69, 9.17) is 9.47 Å². The minimum atomic E-state index is -1.10. The minimum absolute atomic E-state index is 0.282. The smallest absolute Gasteiger partial charge is 0.374 e. The third kappa shape index (κ3) is 5.03. The summed E-state index contributed by atoms with van der Waals surface area (Å²) < 4.78 is 13.1. The average molecular weight is 363 g/mol. The second kappa shape index (κ2) is 7.38. The van der Waals surface area contributed by atoms with Gasteiger partial charge in [0.2, 0.25) is 5.82 Å². The van der Waals surface area contributed by atoms with E-state index in [1.807, 2.05) is 6.92 Å². The van der Waals surface area contributed by atoms with E-state index in [0.29, 0.717) is 24.5 Å². The topological polar surface area (TPSA) is 53.3 Å². The van der Waals surface area contributed by atoms with E-state index in [1.54, 1.807) is 11.5 Å². The van der Waals surface area contributed by atoms with Crippen molar-refractivity contribution in [2.45, 2.75) is 46.3 Å². The Labute approximate surface area is 129 Å². The summed E-state index contributed by atoms with van der Waals surface area (Å²) in [5.74, 6) is -0.140. The molecule has 0 aliphatic rings. The number of hydrogen-bond acceptors (Lipinski definition) is 4. The molecule has 0 atom stereocenters. The maximum atomic E-state index is 11.8. The van der Waals surface area contributed by atoms with Crippen LogP contribution in [0.2, 0.25) is 25.7 Å². The van der Waals surface area contributed by atoms with Crippen LogP contribution >= 0.6 is 15.9 Å². The Kier molecular flexibility index (Phi) is 6.41. The molecule has 0 amide bonds. The highest BCUT2D eigenvalue weighted by atomic mass is 79.9. The fourth-order valence-electron chi connectivity index (χ4n) is 1.55. The van der Waals surface area contributed by atoms with E-state index < -0.39 is 14.0 Å². The van der Waals surface area contributed by atoms with E-state index in [2.05, 4.69) is 40.6 Å². The molecular formula is C13H23BrN2O3Si. The first-order chi connectivity index (χ1) is 9.26. The Bertz CT molecular complexity index is 469. The molecule has 20 heavy (non-hydrogen) atoms. The summed E-state index contributed by atoms with van der Waals surface area (Å²) in [6.45, 7) is 11.9. The van der Waals surface area contributed by atoms with Crippen LogP contribution in [-0.2, 0) is 16.2 Å². The maximum absolute atomic E-state index is 11.8. The fourth-order valence-corrected chi connectivity index (χ4v) is 2.69. The van der Waals surface area contributed by atoms with Gasteiger partial charge in [-0.2, -0.15) is 0 Å². The van der Waals surface area contributed by atoms with Crippen molar-refractivity contribution in [3.63, 3.8) is 0 Å². The number of hydrogen-bond donors (Lipinski definition) is 0. The number of imidazole rings is 1. The average Bonchev–Trinajstić information content (AvgIpc) is 2.61. The maximum Gasteiger partial charge on any atom is 0.374 e. The summed E-state index contributed by atoms with van der Waals surface area (Å²) in [6, 6.07) is 1.09. The van der Waals surface area contributed by atoms with Gasteiger partial charge in [0.15, 0.2) is 0 Å². The number of carbonyl (C=O) groups is 1. The molecule has 0 N–H and O–H groups in total. The van der Waals surface area contributed by atoms with Gasteiger partial charge in [-0.15, -0.1) is 0 Å². The molecule has 1 heterocycles. The van der Waals surface area contributed by atoms with Gasteiger partial charge in [0.05, 0.1) is 12.3 Å². The Balaban J connectivity index is 2.71. The lowest BCUT2D eigenvalue weighted by Gasteiger charge is -2.16. The summed E-state index contributed by atoms with van der Waals surface area (Å²) in [7, 11) is -1.10. The van der Waals surface area contributed by atoms with Crippen molar-refractivity contribution in [1.82, 2.24) is 9.55 Å². The highest BCUT2D eigenvalue weighted by molar-refractivity contribution is 9.10. The summed E-state index contributed by atoms with van der Waals surface area (Å²) >= 11 is 3.34. The highest BCUT2D eigenvalue weighted by Crippen LogP contribution is 2.18. The molecule has 0 saturated heterocycles. The van der Waals surface area contributed by atoms with Crippen LogP contribution in [0.25, 0.3) is 0 Å². The van der Waals surface area contributed by atoms with Gasteiger partial charge in [0.1, 0.15) is 11.3 Å². The molecule has 114 valence electrons. The van der Waals surface area contributed by atoms with Crippen molar-refractivity contribution in [3.05, 3.63) is 16.1 Å². The van der Waals surface area contributed by atoms with Crippen LogP contribution in [0, 0.1) is 6.92 Å². The number of halogens is 1. The van der Waals surface area contributed by atoms with Gasteiger partial charge in [0.25, 0.3) is 0 Å². The highest BCUT2D eigenvalue weighted by Gasteiger charge is 2.20. The van der Waals surface area contributed by atoms with Gasteiger partial charge in [-0.25, -0.2) is 9.78 Å². The van der Waals surface area contributed by atoms with Crippen LogP contribution < -0.4 is 0 Å². The zero-order valence-corrected chi connectivity index (χ0v) is 15.4. The Morgan fingerprint density at radius 1 is 1.40 bits per heavy atom. The molecule has 0 saturated carbocycles. The molecule has 1 aromatic heterocycles. The Hall–Kier alpha value is -0.663. The monoisotopic (exact) mass is 362 g/mol. The van der Waals surface area contributed by atoms with Gasteiger partial charge < -0.3 is 9.47 Å². The van der Waals surface area contributed by atoms with Crippen LogP contribution in [0.1, 0.15) is 23.2 Å². The summed E-state index contributed by atoms with van der Waals surface area (Å²) in [4.78, 5) is 16.0. The largest absolute Gasteiger partial charge is 0.460 e. The predicted molar refractivity (Wildman–Crippen MR) is 84.7 cm³/mol. The number of aromatic nitrogens is 2. The number of nitrogens with zero attached hydrogens (tertiary/aromatic N) is 2. The molecule has 0 bridgehead atoms. The van der Waals surface area contributed by atoms with Crippen LogP contribution in [0.5, 0.6) is 0 Å². The van der Waals surface area contributed by atoms with E-state index in [-0.39, 0.29) is 5.82 Å². The molecule has 0 aliphatic carbocycles. The zero-order chi connectivity index (χ0) is 15.3. The first-order valence-corrected chi connectivity index (χ1v) is 11.2. The van der Waals surface area contributed by atoms with E-state index in [9.17, 15) is 4.79 Å². The molecule has 1 rings (SSSR count). The Morgan fingerprint density at radius 2 is 2.05 bits per heavy atom. The van der Waals surface area contributed by atoms with Crippen molar-refractivity contribution in [2.75, 3.05) is 13.2 Å². The molecule has 7 heteroatoms.